The number of hydrogen-bond donors (Lipinski definition) is 0. The number of rotatable bonds is 6. The van der Waals surface area contributed by atoms with Crippen LogP contribution in [0.25, 0.3) is 11.6 Å². The Kier molecular flexibility index (Phi) is 4.62. The first-order chi connectivity index (χ1) is 11.2. The Bertz CT molecular complexity index is 780. The Morgan fingerprint density at radius 3 is 2.61 bits per heavy atom. The molecule has 0 saturated heterocycles. The molecule has 2 heterocycles. The first kappa shape index (κ1) is 15.6. The van der Waals surface area contributed by atoms with Crippen molar-refractivity contribution in [3.63, 3.8) is 0 Å². The van der Waals surface area contributed by atoms with Crippen LogP contribution in [0, 0.1) is 0 Å². The van der Waals surface area contributed by atoms with Crippen LogP contribution < -0.4 is 0 Å². The summed E-state index contributed by atoms with van der Waals surface area (Å²) in [4.78, 5) is 12.2. The zero-order valence-corrected chi connectivity index (χ0v) is 13.8. The summed E-state index contributed by atoms with van der Waals surface area (Å²) in [5.41, 5.74) is 0.710. The molecular formula is C17H17N3O2S. The van der Waals surface area contributed by atoms with Crippen molar-refractivity contribution in [2.24, 2.45) is 0 Å². The highest BCUT2D eigenvalue weighted by atomic mass is 32.2. The van der Waals surface area contributed by atoms with Gasteiger partial charge in [-0.05, 0) is 26.0 Å². The van der Waals surface area contributed by atoms with Crippen LogP contribution in [0.15, 0.2) is 58.3 Å². The van der Waals surface area contributed by atoms with Gasteiger partial charge in [-0.3, -0.25) is 9.36 Å². The average molecular weight is 327 g/mol. The van der Waals surface area contributed by atoms with Gasteiger partial charge >= 0.3 is 0 Å². The Morgan fingerprint density at radius 1 is 1.17 bits per heavy atom. The summed E-state index contributed by atoms with van der Waals surface area (Å²) in [6.07, 6.45) is 1.61. The monoisotopic (exact) mass is 327 g/mol. The van der Waals surface area contributed by atoms with Crippen LogP contribution in [0.2, 0.25) is 0 Å². The Labute approximate surface area is 138 Å². The van der Waals surface area contributed by atoms with Gasteiger partial charge in [0.1, 0.15) is 0 Å². The second-order valence-corrected chi connectivity index (χ2v) is 6.27. The number of nitrogens with zero attached hydrogens (tertiary/aromatic N) is 3. The molecule has 0 radical (unpaired) electrons. The molecule has 0 atom stereocenters. The van der Waals surface area contributed by atoms with E-state index in [4.69, 9.17) is 4.42 Å². The molecule has 0 aliphatic rings. The van der Waals surface area contributed by atoms with E-state index >= 15 is 0 Å². The molecule has 118 valence electrons. The predicted molar refractivity (Wildman–Crippen MR) is 89.6 cm³/mol. The van der Waals surface area contributed by atoms with Crippen LogP contribution in [0.3, 0.4) is 0 Å². The fourth-order valence-electron chi connectivity index (χ4n) is 2.25. The minimum absolute atomic E-state index is 0.0773. The average Bonchev–Trinajstić information content (AvgIpc) is 3.22. The fraction of sp³-hybridized carbons (Fsp3) is 0.235. The third-order valence-electron chi connectivity index (χ3n) is 3.35. The maximum absolute atomic E-state index is 12.2. The van der Waals surface area contributed by atoms with Crippen LogP contribution >= 0.6 is 11.8 Å². The zero-order valence-electron chi connectivity index (χ0n) is 13.0. The number of Topliss-reactive ketones (excluding diaryl/α,β-unsaturated/α-hetero) is 1. The largest absolute Gasteiger partial charge is 0.461 e. The van der Waals surface area contributed by atoms with Crippen molar-refractivity contribution < 1.29 is 9.21 Å². The lowest BCUT2D eigenvalue weighted by Gasteiger charge is -2.12. The second kappa shape index (κ2) is 6.83. The van der Waals surface area contributed by atoms with E-state index in [0.717, 1.165) is 5.16 Å². The summed E-state index contributed by atoms with van der Waals surface area (Å²) in [7, 11) is 0. The first-order valence-corrected chi connectivity index (χ1v) is 8.35. The standard InChI is InChI=1S/C17H17N3O2S/c1-12(2)20-16(15-9-6-10-22-15)18-19-17(20)23-11-14(21)13-7-4-3-5-8-13/h3-10,12H,11H2,1-2H3. The SMILES string of the molecule is CC(C)n1c(SCC(=O)c2ccccc2)nnc1-c1ccco1. The normalized spacial score (nSPS) is 11.1. The predicted octanol–water partition coefficient (Wildman–Crippen LogP) is 4.09. The fourth-order valence-corrected chi connectivity index (χ4v) is 3.21. The van der Waals surface area contributed by atoms with E-state index in [-0.39, 0.29) is 11.8 Å². The highest BCUT2D eigenvalue weighted by molar-refractivity contribution is 7.99. The summed E-state index contributed by atoms with van der Waals surface area (Å²) >= 11 is 1.39. The van der Waals surface area contributed by atoms with E-state index in [1.54, 1.807) is 6.26 Å². The molecule has 3 aromatic rings. The number of benzene rings is 1. The van der Waals surface area contributed by atoms with Gasteiger partial charge in [0.15, 0.2) is 16.7 Å². The third-order valence-corrected chi connectivity index (χ3v) is 4.29. The number of thioether (sulfide) groups is 1. The van der Waals surface area contributed by atoms with Crippen molar-refractivity contribution in [1.82, 2.24) is 14.8 Å². The van der Waals surface area contributed by atoms with Gasteiger partial charge in [-0.2, -0.15) is 0 Å². The third kappa shape index (κ3) is 3.37. The summed E-state index contributed by atoms with van der Waals surface area (Å²) in [6.45, 7) is 4.11. The van der Waals surface area contributed by atoms with Crippen molar-refractivity contribution in [1.29, 1.82) is 0 Å². The molecule has 0 aliphatic heterocycles. The Balaban J connectivity index is 1.80. The number of aromatic nitrogens is 3. The van der Waals surface area contributed by atoms with E-state index in [2.05, 4.69) is 24.0 Å². The van der Waals surface area contributed by atoms with Gasteiger partial charge in [-0.15, -0.1) is 10.2 Å². The molecule has 6 heteroatoms. The molecule has 5 nitrogen and oxygen atoms in total. The summed E-state index contributed by atoms with van der Waals surface area (Å²) in [5.74, 6) is 1.76. The quantitative estimate of drug-likeness (QED) is 0.504. The first-order valence-electron chi connectivity index (χ1n) is 7.36. The summed E-state index contributed by atoms with van der Waals surface area (Å²) in [6, 6.07) is 13.1. The summed E-state index contributed by atoms with van der Waals surface area (Å²) < 4.78 is 7.41. The molecule has 0 N–H and O–H groups in total. The van der Waals surface area contributed by atoms with Gasteiger partial charge in [0.05, 0.1) is 12.0 Å². The van der Waals surface area contributed by atoms with E-state index in [1.165, 1.54) is 11.8 Å². The van der Waals surface area contributed by atoms with E-state index in [9.17, 15) is 4.79 Å². The van der Waals surface area contributed by atoms with Gasteiger partial charge in [-0.1, -0.05) is 42.1 Å². The number of furan rings is 1. The molecule has 2 aromatic heterocycles. The Hall–Kier alpha value is -2.34. The van der Waals surface area contributed by atoms with Gasteiger partial charge in [0.25, 0.3) is 0 Å². The summed E-state index contributed by atoms with van der Waals surface area (Å²) in [5, 5.41) is 9.16. The lowest BCUT2D eigenvalue weighted by atomic mass is 10.2. The molecule has 3 rings (SSSR count). The van der Waals surface area contributed by atoms with Crippen molar-refractivity contribution in [3.05, 3.63) is 54.3 Å². The lowest BCUT2D eigenvalue weighted by molar-refractivity contribution is 0.102. The number of ketones is 1. The lowest BCUT2D eigenvalue weighted by Crippen LogP contribution is -2.07. The van der Waals surface area contributed by atoms with Crippen LogP contribution in [-0.4, -0.2) is 26.3 Å². The number of carbonyl (C=O) groups excluding carboxylic acids is 1. The molecular weight excluding hydrogens is 310 g/mol. The van der Waals surface area contributed by atoms with Crippen molar-refractivity contribution in [2.45, 2.75) is 25.0 Å². The smallest absolute Gasteiger partial charge is 0.200 e. The molecule has 0 saturated carbocycles. The Morgan fingerprint density at radius 2 is 1.96 bits per heavy atom. The van der Waals surface area contributed by atoms with Crippen molar-refractivity contribution >= 4 is 17.5 Å². The van der Waals surface area contributed by atoms with Crippen molar-refractivity contribution in [3.8, 4) is 11.6 Å². The molecule has 0 aliphatic carbocycles. The molecule has 0 spiro atoms. The zero-order chi connectivity index (χ0) is 16.2. The van der Waals surface area contributed by atoms with Gasteiger partial charge in [-0.25, -0.2) is 0 Å². The molecule has 0 unspecified atom stereocenters. The maximum atomic E-state index is 12.2. The molecule has 23 heavy (non-hydrogen) atoms. The highest BCUT2D eigenvalue weighted by Gasteiger charge is 2.19. The second-order valence-electron chi connectivity index (χ2n) is 5.33. The van der Waals surface area contributed by atoms with Crippen LogP contribution in [0.1, 0.15) is 30.2 Å². The minimum Gasteiger partial charge on any atom is -0.461 e. The van der Waals surface area contributed by atoms with E-state index < -0.39 is 0 Å². The van der Waals surface area contributed by atoms with Crippen molar-refractivity contribution in [2.75, 3.05) is 5.75 Å². The van der Waals surface area contributed by atoms with E-state index in [1.807, 2.05) is 47.0 Å². The van der Waals surface area contributed by atoms with E-state index in [0.29, 0.717) is 22.9 Å². The number of hydrogen-bond acceptors (Lipinski definition) is 5. The van der Waals surface area contributed by atoms with Crippen LogP contribution in [-0.2, 0) is 0 Å². The van der Waals surface area contributed by atoms with Crippen LogP contribution in [0.4, 0.5) is 0 Å². The molecule has 0 amide bonds. The molecule has 0 bridgehead atoms. The molecule has 1 aromatic carbocycles. The minimum atomic E-state index is 0.0773. The topological polar surface area (TPSA) is 60.9 Å². The maximum Gasteiger partial charge on any atom is 0.200 e. The van der Waals surface area contributed by atoms with Gasteiger partial charge in [0, 0.05) is 11.6 Å². The van der Waals surface area contributed by atoms with Crippen LogP contribution in [0.5, 0.6) is 0 Å². The highest BCUT2D eigenvalue weighted by Crippen LogP contribution is 2.28. The van der Waals surface area contributed by atoms with Gasteiger partial charge in [0.2, 0.25) is 5.82 Å². The van der Waals surface area contributed by atoms with Gasteiger partial charge < -0.3 is 4.42 Å². The molecule has 0 fully saturated rings. The number of carbonyl (C=O) groups is 1.